The van der Waals surface area contributed by atoms with E-state index in [0.29, 0.717) is 12.1 Å². The summed E-state index contributed by atoms with van der Waals surface area (Å²) in [5, 5.41) is 12.1. The highest BCUT2D eigenvalue weighted by Gasteiger charge is 2.18. The van der Waals surface area contributed by atoms with Crippen molar-refractivity contribution in [1.82, 2.24) is 9.88 Å². The first kappa shape index (κ1) is 18.2. The van der Waals surface area contributed by atoms with Crippen molar-refractivity contribution < 1.29 is 9.72 Å². The number of nitro groups is 1. The van der Waals surface area contributed by atoms with Gasteiger partial charge in [-0.3, -0.25) is 14.9 Å². The Morgan fingerprint density at radius 2 is 1.96 bits per heavy atom. The van der Waals surface area contributed by atoms with Crippen molar-refractivity contribution >= 4 is 22.5 Å². The summed E-state index contributed by atoms with van der Waals surface area (Å²) in [6.45, 7) is 0.323. The number of rotatable bonds is 4. The summed E-state index contributed by atoms with van der Waals surface area (Å²) < 4.78 is 0. The second-order valence-electron chi connectivity index (χ2n) is 7.49. The number of carbonyl (C=O) groups excluding carboxylic acids is 1. The first-order valence-electron chi connectivity index (χ1n) is 9.65. The van der Waals surface area contributed by atoms with E-state index in [1.54, 1.807) is 24.1 Å². The molecule has 0 radical (unpaired) electrons. The van der Waals surface area contributed by atoms with E-state index in [2.05, 4.69) is 4.98 Å². The zero-order chi connectivity index (χ0) is 19.7. The van der Waals surface area contributed by atoms with Gasteiger partial charge >= 0.3 is 0 Å². The second kappa shape index (κ2) is 7.46. The van der Waals surface area contributed by atoms with Crippen molar-refractivity contribution in [3.8, 4) is 0 Å². The smallest absolute Gasteiger partial charge is 0.269 e. The Morgan fingerprint density at radius 1 is 1.14 bits per heavy atom. The number of carbonyl (C=O) groups is 1. The van der Waals surface area contributed by atoms with Crippen molar-refractivity contribution in [2.75, 3.05) is 7.05 Å². The van der Waals surface area contributed by atoms with Gasteiger partial charge in [-0.25, -0.2) is 0 Å². The molecule has 6 nitrogen and oxygen atoms in total. The Morgan fingerprint density at radius 3 is 2.79 bits per heavy atom. The van der Waals surface area contributed by atoms with Gasteiger partial charge in [0.1, 0.15) is 0 Å². The molecule has 1 heterocycles. The van der Waals surface area contributed by atoms with E-state index in [-0.39, 0.29) is 11.6 Å². The number of non-ortho nitro benzene ring substituents is 1. The van der Waals surface area contributed by atoms with Crippen LogP contribution in [0.15, 0.2) is 42.5 Å². The molecule has 0 aliphatic heterocycles. The number of benzene rings is 2. The highest BCUT2D eigenvalue weighted by Crippen LogP contribution is 2.29. The van der Waals surface area contributed by atoms with Crippen LogP contribution in [0.1, 0.15) is 46.4 Å². The lowest BCUT2D eigenvalue weighted by Crippen LogP contribution is -2.26. The molecule has 0 spiro atoms. The quantitative estimate of drug-likeness (QED) is 0.409. The van der Waals surface area contributed by atoms with Gasteiger partial charge in [0.25, 0.3) is 11.6 Å². The third kappa shape index (κ3) is 3.50. The zero-order valence-electron chi connectivity index (χ0n) is 15.9. The van der Waals surface area contributed by atoms with Gasteiger partial charge in [-0.1, -0.05) is 18.6 Å². The number of aryl methyl sites for hydroxylation is 2. The molecular formula is C22H23N3O3. The Bertz CT molecular complexity index is 1050. The molecule has 6 heteroatoms. The molecule has 0 saturated carbocycles. The van der Waals surface area contributed by atoms with Crippen LogP contribution < -0.4 is 0 Å². The van der Waals surface area contributed by atoms with E-state index < -0.39 is 4.92 Å². The van der Waals surface area contributed by atoms with Crippen LogP contribution in [0.25, 0.3) is 10.9 Å². The van der Waals surface area contributed by atoms with Crippen LogP contribution in [0.2, 0.25) is 0 Å². The Kier molecular flexibility index (Phi) is 4.86. The molecule has 1 aliphatic rings. The van der Waals surface area contributed by atoms with Gasteiger partial charge in [-0.05, 0) is 55.0 Å². The van der Waals surface area contributed by atoms with Crippen molar-refractivity contribution in [1.29, 1.82) is 0 Å². The van der Waals surface area contributed by atoms with E-state index in [9.17, 15) is 14.9 Å². The Hall–Kier alpha value is -3.15. The summed E-state index contributed by atoms with van der Waals surface area (Å²) in [6.07, 6.45) is 5.76. The van der Waals surface area contributed by atoms with Crippen LogP contribution in [0.5, 0.6) is 0 Å². The molecular weight excluding hydrogens is 354 g/mol. The van der Waals surface area contributed by atoms with Gasteiger partial charge in [-0.15, -0.1) is 0 Å². The maximum absolute atomic E-state index is 13.0. The summed E-state index contributed by atoms with van der Waals surface area (Å²) in [7, 11) is 1.73. The number of nitro benzene ring substituents is 1. The average Bonchev–Trinajstić information content (AvgIpc) is 2.87. The lowest BCUT2D eigenvalue weighted by Gasteiger charge is -2.17. The summed E-state index contributed by atoms with van der Waals surface area (Å²) in [5.74, 6) is -0.0861. The lowest BCUT2D eigenvalue weighted by atomic mass is 10.0. The largest absolute Gasteiger partial charge is 0.358 e. The maximum atomic E-state index is 13.0. The second-order valence-corrected chi connectivity index (χ2v) is 7.49. The Balaban J connectivity index is 1.58. The molecule has 1 aliphatic carbocycles. The van der Waals surface area contributed by atoms with Crippen molar-refractivity contribution in [3.63, 3.8) is 0 Å². The average molecular weight is 377 g/mol. The molecule has 144 valence electrons. The van der Waals surface area contributed by atoms with E-state index in [1.165, 1.54) is 42.7 Å². The van der Waals surface area contributed by atoms with E-state index in [1.807, 2.05) is 18.2 Å². The van der Waals surface area contributed by atoms with E-state index in [0.717, 1.165) is 29.3 Å². The normalized spacial score (nSPS) is 13.8. The molecule has 2 aromatic carbocycles. The molecule has 0 atom stereocenters. The fourth-order valence-corrected chi connectivity index (χ4v) is 4.05. The predicted octanol–water partition coefficient (Wildman–Crippen LogP) is 4.62. The minimum absolute atomic E-state index is 0.0368. The van der Waals surface area contributed by atoms with Crippen LogP contribution in [0.3, 0.4) is 0 Å². The minimum Gasteiger partial charge on any atom is -0.358 e. The number of hydrogen-bond acceptors (Lipinski definition) is 3. The van der Waals surface area contributed by atoms with Crippen molar-refractivity contribution in [2.24, 2.45) is 0 Å². The highest BCUT2D eigenvalue weighted by atomic mass is 16.6. The van der Waals surface area contributed by atoms with Gasteiger partial charge in [-0.2, -0.15) is 0 Å². The fraction of sp³-hybridized carbons (Fsp3) is 0.318. The fourth-order valence-electron chi connectivity index (χ4n) is 4.05. The number of aromatic nitrogens is 1. The molecule has 0 unspecified atom stereocenters. The molecule has 0 bridgehead atoms. The highest BCUT2D eigenvalue weighted by molar-refractivity contribution is 5.99. The topological polar surface area (TPSA) is 79.2 Å². The zero-order valence-corrected chi connectivity index (χ0v) is 15.9. The third-order valence-corrected chi connectivity index (χ3v) is 5.48. The number of aromatic amines is 1. The minimum atomic E-state index is -0.420. The first-order valence-corrected chi connectivity index (χ1v) is 9.65. The van der Waals surface area contributed by atoms with Crippen LogP contribution in [-0.4, -0.2) is 27.8 Å². The van der Waals surface area contributed by atoms with Gasteiger partial charge in [0, 0.05) is 47.9 Å². The number of H-pyrrole nitrogens is 1. The van der Waals surface area contributed by atoms with Crippen LogP contribution in [-0.2, 0) is 19.4 Å². The van der Waals surface area contributed by atoms with Gasteiger partial charge in [0.15, 0.2) is 0 Å². The van der Waals surface area contributed by atoms with E-state index in [4.69, 9.17) is 0 Å². The lowest BCUT2D eigenvalue weighted by molar-refractivity contribution is -0.384. The number of nitrogens with one attached hydrogen (secondary N) is 1. The molecule has 0 saturated heterocycles. The summed E-state index contributed by atoms with van der Waals surface area (Å²) in [4.78, 5) is 28.6. The third-order valence-electron chi connectivity index (χ3n) is 5.48. The number of amides is 1. The molecule has 4 rings (SSSR count). The molecule has 28 heavy (non-hydrogen) atoms. The standard InChI is InChI=1S/C22H23N3O3/c1-24(14-15-6-5-7-17(12-15)25(27)28)22(26)16-10-11-21-19(13-16)18-8-3-2-4-9-20(18)23-21/h5-7,10-13,23H,2-4,8-9,14H2,1H3. The summed E-state index contributed by atoms with van der Waals surface area (Å²) in [6, 6.07) is 12.2. The van der Waals surface area contributed by atoms with Crippen LogP contribution in [0.4, 0.5) is 5.69 Å². The van der Waals surface area contributed by atoms with Crippen LogP contribution in [0, 0.1) is 10.1 Å². The SMILES string of the molecule is CN(Cc1cccc([N+](=O)[O-])c1)C(=O)c1ccc2[nH]c3c(c2c1)CCCCC3. The number of hydrogen-bond donors (Lipinski definition) is 1. The molecule has 1 N–H and O–H groups in total. The van der Waals surface area contributed by atoms with E-state index >= 15 is 0 Å². The van der Waals surface area contributed by atoms with Gasteiger partial charge in [0.2, 0.25) is 0 Å². The maximum Gasteiger partial charge on any atom is 0.269 e. The number of nitrogens with zero attached hydrogens (tertiary/aromatic N) is 2. The van der Waals surface area contributed by atoms with Crippen molar-refractivity contribution in [2.45, 2.75) is 38.6 Å². The summed E-state index contributed by atoms with van der Waals surface area (Å²) in [5.41, 5.74) is 5.17. The number of fused-ring (bicyclic) bond motifs is 3. The monoisotopic (exact) mass is 377 g/mol. The molecule has 1 amide bonds. The van der Waals surface area contributed by atoms with Crippen LogP contribution >= 0.6 is 0 Å². The molecule has 1 aromatic heterocycles. The Labute approximate surface area is 163 Å². The summed E-state index contributed by atoms with van der Waals surface area (Å²) >= 11 is 0. The molecule has 3 aromatic rings. The van der Waals surface area contributed by atoms with Gasteiger partial charge in [0.05, 0.1) is 4.92 Å². The predicted molar refractivity (Wildman–Crippen MR) is 108 cm³/mol. The van der Waals surface area contributed by atoms with Gasteiger partial charge < -0.3 is 9.88 Å². The first-order chi connectivity index (χ1) is 13.5. The molecule has 0 fully saturated rings. The van der Waals surface area contributed by atoms with Crippen molar-refractivity contribution in [3.05, 3.63) is 75.0 Å².